The molecule has 20 heavy (non-hydrogen) atoms. The maximum Gasteiger partial charge on any atom is 0.143 e. The number of methoxy groups -OCH3 is 1. The fourth-order valence-electron chi connectivity index (χ4n) is 3.98. The number of benzene rings is 1. The van der Waals surface area contributed by atoms with Crippen LogP contribution in [-0.2, 0) is 0 Å². The molecule has 1 aliphatic carbocycles. The Bertz CT molecular complexity index is 464. The van der Waals surface area contributed by atoms with Gasteiger partial charge in [-0.05, 0) is 42.2 Å². The van der Waals surface area contributed by atoms with Crippen molar-refractivity contribution in [3.8, 4) is 5.75 Å². The van der Waals surface area contributed by atoms with Crippen molar-refractivity contribution in [2.24, 2.45) is 10.8 Å². The standard InChI is InChI=1S/C17H28N2O/c1-16(2)9-13(10-17(3,4)11-16)19-12-6-7-14(18)15(8-12)20-5/h6-8,13,19H,9-11,18H2,1-5H3. The predicted octanol–water partition coefficient (Wildman–Crippen LogP) is 4.29. The monoisotopic (exact) mass is 276 g/mol. The molecule has 0 radical (unpaired) electrons. The molecule has 1 saturated carbocycles. The van der Waals surface area contributed by atoms with Crippen LogP contribution in [0.2, 0.25) is 0 Å². The second kappa shape index (κ2) is 5.19. The zero-order chi connectivity index (χ0) is 15.0. The summed E-state index contributed by atoms with van der Waals surface area (Å²) in [5, 5.41) is 3.66. The highest BCUT2D eigenvalue weighted by atomic mass is 16.5. The van der Waals surface area contributed by atoms with E-state index in [0.29, 0.717) is 22.6 Å². The maximum absolute atomic E-state index is 5.87. The van der Waals surface area contributed by atoms with Crippen LogP contribution < -0.4 is 15.8 Å². The van der Waals surface area contributed by atoms with Crippen LogP contribution in [0.1, 0.15) is 47.0 Å². The summed E-state index contributed by atoms with van der Waals surface area (Å²) in [5.74, 6) is 0.740. The number of ether oxygens (including phenoxy) is 1. The molecule has 0 amide bonds. The number of nitrogens with two attached hydrogens (primary N) is 1. The van der Waals surface area contributed by atoms with Gasteiger partial charge in [0.1, 0.15) is 5.75 Å². The lowest BCUT2D eigenvalue weighted by molar-refractivity contribution is 0.105. The van der Waals surface area contributed by atoms with Gasteiger partial charge in [-0.1, -0.05) is 27.7 Å². The minimum absolute atomic E-state index is 0.386. The molecule has 0 aliphatic heterocycles. The van der Waals surface area contributed by atoms with Gasteiger partial charge in [-0.2, -0.15) is 0 Å². The van der Waals surface area contributed by atoms with Crippen LogP contribution in [-0.4, -0.2) is 13.2 Å². The fraction of sp³-hybridized carbons (Fsp3) is 0.647. The van der Waals surface area contributed by atoms with Crippen molar-refractivity contribution in [3.05, 3.63) is 18.2 Å². The normalized spacial score (nSPS) is 21.4. The van der Waals surface area contributed by atoms with Crippen molar-refractivity contribution in [1.29, 1.82) is 0 Å². The fourth-order valence-corrected chi connectivity index (χ4v) is 3.98. The molecule has 1 aliphatic rings. The molecule has 0 saturated heterocycles. The zero-order valence-electron chi connectivity index (χ0n) is 13.4. The summed E-state index contributed by atoms with van der Waals surface area (Å²) in [6.45, 7) is 9.47. The molecule has 0 spiro atoms. The Morgan fingerprint density at radius 3 is 2.30 bits per heavy atom. The number of hydrogen-bond acceptors (Lipinski definition) is 3. The smallest absolute Gasteiger partial charge is 0.143 e. The molecular formula is C17H28N2O. The molecule has 1 fully saturated rings. The van der Waals surface area contributed by atoms with Crippen LogP contribution in [0.5, 0.6) is 5.75 Å². The van der Waals surface area contributed by atoms with Crippen molar-refractivity contribution in [1.82, 2.24) is 0 Å². The molecular weight excluding hydrogens is 248 g/mol. The summed E-state index contributed by atoms with van der Waals surface area (Å²) in [6.07, 6.45) is 3.68. The van der Waals surface area contributed by atoms with E-state index in [1.165, 1.54) is 19.3 Å². The highest BCUT2D eigenvalue weighted by Gasteiger charge is 2.38. The average molecular weight is 276 g/mol. The van der Waals surface area contributed by atoms with Crippen molar-refractivity contribution in [2.45, 2.75) is 53.0 Å². The lowest BCUT2D eigenvalue weighted by atomic mass is 9.63. The van der Waals surface area contributed by atoms with Gasteiger partial charge >= 0.3 is 0 Å². The zero-order valence-corrected chi connectivity index (χ0v) is 13.4. The summed E-state index contributed by atoms with van der Waals surface area (Å²) >= 11 is 0. The van der Waals surface area contributed by atoms with Crippen molar-refractivity contribution >= 4 is 11.4 Å². The first-order valence-corrected chi connectivity index (χ1v) is 7.41. The van der Waals surface area contributed by atoms with Gasteiger partial charge < -0.3 is 15.8 Å². The maximum atomic E-state index is 5.87. The molecule has 3 heteroatoms. The van der Waals surface area contributed by atoms with Gasteiger partial charge in [-0.25, -0.2) is 0 Å². The van der Waals surface area contributed by atoms with Gasteiger partial charge in [0.15, 0.2) is 0 Å². The number of anilines is 2. The van der Waals surface area contributed by atoms with Crippen LogP contribution in [0.25, 0.3) is 0 Å². The number of rotatable bonds is 3. The summed E-state index contributed by atoms with van der Waals surface area (Å²) in [5.41, 5.74) is 8.41. The van der Waals surface area contributed by atoms with Gasteiger partial charge in [0.2, 0.25) is 0 Å². The molecule has 3 N–H and O–H groups in total. The van der Waals surface area contributed by atoms with Crippen LogP contribution in [0, 0.1) is 10.8 Å². The van der Waals surface area contributed by atoms with Crippen LogP contribution in [0.3, 0.4) is 0 Å². The van der Waals surface area contributed by atoms with Gasteiger partial charge in [-0.3, -0.25) is 0 Å². The topological polar surface area (TPSA) is 47.3 Å². The van der Waals surface area contributed by atoms with E-state index in [9.17, 15) is 0 Å². The third-order valence-corrected chi connectivity index (χ3v) is 4.16. The first-order chi connectivity index (χ1) is 9.21. The first kappa shape index (κ1) is 15.0. The molecule has 0 atom stereocenters. The second-order valence-electron chi connectivity index (χ2n) is 7.71. The van der Waals surface area contributed by atoms with Crippen molar-refractivity contribution in [3.63, 3.8) is 0 Å². The van der Waals surface area contributed by atoms with E-state index < -0.39 is 0 Å². The minimum atomic E-state index is 0.386. The highest BCUT2D eigenvalue weighted by Crippen LogP contribution is 2.46. The quantitative estimate of drug-likeness (QED) is 0.809. The average Bonchev–Trinajstić information content (AvgIpc) is 2.27. The molecule has 3 nitrogen and oxygen atoms in total. The Hall–Kier alpha value is -1.38. The van der Waals surface area contributed by atoms with Gasteiger partial charge in [-0.15, -0.1) is 0 Å². The van der Waals surface area contributed by atoms with E-state index in [0.717, 1.165) is 11.4 Å². The lowest BCUT2D eigenvalue weighted by Gasteiger charge is -2.45. The summed E-state index contributed by atoms with van der Waals surface area (Å²) in [4.78, 5) is 0. The van der Waals surface area contributed by atoms with Gasteiger partial charge in [0.25, 0.3) is 0 Å². The van der Waals surface area contributed by atoms with Gasteiger partial charge in [0.05, 0.1) is 12.8 Å². The number of nitrogens with one attached hydrogen (secondary N) is 1. The predicted molar refractivity (Wildman–Crippen MR) is 86.2 cm³/mol. The molecule has 1 aromatic carbocycles. The SMILES string of the molecule is COc1cc(NC2CC(C)(C)CC(C)(C)C2)ccc1N. The third-order valence-electron chi connectivity index (χ3n) is 4.16. The summed E-state index contributed by atoms with van der Waals surface area (Å²) in [7, 11) is 1.66. The van der Waals surface area contributed by atoms with Crippen molar-refractivity contribution in [2.75, 3.05) is 18.2 Å². The number of hydrogen-bond donors (Lipinski definition) is 2. The van der Waals surface area contributed by atoms with E-state index >= 15 is 0 Å². The summed E-state index contributed by atoms with van der Waals surface area (Å²) in [6, 6.07) is 6.43. The molecule has 1 aromatic rings. The molecule has 0 unspecified atom stereocenters. The Kier molecular flexibility index (Phi) is 3.90. The second-order valence-corrected chi connectivity index (χ2v) is 7.71. The molecule has 0 aromatic heterocycles. The largest absolute Gasteiger partial charge is 0.495 e. The minimum Gasteiger partial charge on any atom is -0.495 e. The lowest BCUT2D eigenvalue weighted by Crippen LogP contribution is -2.40. The van der Waals surface area contributed by atoms with Crippen LogP contribution >= 0.6 is 0 Å². The van der Waals surface area contributed by atoms with E-state index in [4.69, 9.17) is 10.5 Å². The van der Waals surface area contributed by atoms with Gasteiger partial charge in [0, 0.05) is 17.8 Å². The Morgan fingerprint density at radius 1 is 1.15 bits per heavy atom. The third kappa shape index (κ3) is 3.59. The summed E-state index contributed by atoms with van der Waals surface area (Å²) < 4.78 is 5.29. The Balaban J connectivity index is 2.13. The van der Waals surface area contributed by atoms with Crippen LogP contribution in [0.4, 0.5) is 11.4 Å². The molecule has 0 bridgehead atoms. The highest BCUT2D eigenvalue weighted by molar-refractivity contribution is 5.61. The Labute approximate surface area is 122 Å². The van der Waals surface area contributed by atoms with E-state index in [1.807, 2.05) is 18.2 Å². The molecule has 112 valence electrons. The van der Waals surface area contributed by atoms with E-state index in [1.54, 1.807) is 7.11 Å². The number of nitrogen functional groups attached to an aromatic ring is 1. The van der Waals surface area contributed by atoms with Crippen LogP contribution in [0.15, 0.2) is 18.2 Å². The first-order valence-electron chi connectivity index (χ1n) is 7.41. The van der Waals surface area contributed by atoms with Crippen molar-refractivity contribution < 1.29 is 4.74 Å². The molecule has 0 heterocycles. The molecule has 2 rings (SSSR count). The van der Waals surface area contributed by atoms with E-state index in [2.05, 4.69) is 33.0 Å². The Morgan fingerprint density at radius 2 is 1.75 bits per heavy atom. The van der Waals surface area contributed by atoms with E-state index in [-0.39, 0.29) is 0 Å².